The van der Waals surface area contributed by atoms with E-state index in [1.807, 2.05) is 30.3 Å². The lowest BCUT2D eigenvalue weighted by Gasteiger charge is -2.00. The van der Waals surface area contributed by atoms with Gasteiger partial charge in [-0.3, -0.25) is 9.78 Å². The van der Waals surface area contributed by atoms with E-state index in [1.54, 1.807) is 30.6 Å². The fourth-order valence-electron chi connectivity index (χ4n) is 1.79. The Kier molecular flexibility index (Phi) is 4.75. The number of halogens is 1. The number of rotatable bonds is 4. The molecule has 0 saturated carbocycles. The van der Waals surface area contributed by atoms with E-state index in [9.17, 15) is 4.79 Å². The van der Waals surface area contributed by atoms with Gasteiger partial charge in [-0.15, -0.1) is 10.2 Å². The van der Waals surface area contributed by atoms with Gasteiger partial charge in [0.05, 0.1) is 5.03 Å². The van der Waals surface area contributed by atoms with Crippen LogP contribution in [0.4, 0.5) is 5.69 Å². The highest BCUT2D eigenvalue weighted by atomic mass is 35.5. The molecule has 0 bridgehead atoms. The summed E-state index contributed by atoms with van der Waals surface area (Å²) >= 11 is 7.36. The smallest absolute Gasteiger partial charge is 0.286 e. The first-order valence-electron chi connectivity index (χ1n) is 6.70. The molecule has 0 aliphatic carbocycles. The van der Waals surface area contributed by atoms with Gasteiger partial charge in [-0.05, 0) is 29.8 Å². The fourth-order valence-corrected chi connectivity index (χ4v) is 2.71. The van der Waals surface area contributed by atoms with Crippen molar-refractivity contribution in [2.75, 3.05) is 5.32 Å². The number of aromatic nitrogens is 3. The molecule has 0 aliphatic rings. The summed E-state index contributed by atoms with van der Waals surface area (Å²) in [5.41, 5.74) is 1.55. The number of carbonyl (C=O) groups is 1. The fraction of sp³-hybridized carbons (Fsp3) is 0. The van der Waals surface area contributed by atoms with E-state index in [2.05, 4.69) is 20.5 Å². The van der Waals surface area contributed by atoms with E-state index >= 15 is 0 Å². The van der Waals surface area contributed by atoms with Crippen LogP contribution in [0.2, 0.25) is 0 Å². The standard InChI is InChI=1S/C16H11ClN4OS/c17-13(9-11-5-4-8-18-10-11)15-20-21-16(23-15)14(22)19-12-6-2-1-3-7-12/h1-10H,(H,19,22)/b13-9+. The largest absolute Gasteiger partial charge is 0.320 e. The van der Waals surface area contributed by atoms with Crippen molar-refractivity contribution >= 4 is 45.6 Å². The van der Waals surface area contributed by atoms with Crippen molar-refractivity contribution in [3.63, 3.8) is 0 Å². The molecule has 0 aliphatic heterocycles. The molecule has 1 aromatic carbocycles. The maximum atomic E-state index is 12.1. The maximum absolute atomic E-state index is 12.1. The highest BCUT2D eigenvalue weighted by molar-refractivity contribution is 7.15. The zero-order valence-corrected chi connectivity index (χ0v) is 13.4. The Balaban J connectivity index is 1.75. The molecule has 0 atom stereocenters. The number of nitrogens with zero attached hydrogens (tertiary/aromatic N) is 3. The van der Waals surface area contributed by atoms with Crippen LogP contribution in [-0.2, 0) is 0 Å². The van der Waals surface area contributed by atoms with Gasteiger partial charge in [-0.25, -0.2) is 0 Å². The van der Waals surface area contributed by atoms with E-state index in [0.717, 1.165) is 16.9 Å². The van der Waals surface area contributed by atoms with Crippen molar-refractivity contribution in [2.24, 2.45) is 0 Å². The minimum absolute atomic E-state index is 0.251. The lowest BCUT2D eigenvalue weighted by atomic mass is 10.2. The zero-order chi connectivity index (χ0) is 16.1. The number of benzene rings is 1. The van der Waals surface area contributed by atoms with Crippen LogP contribution >= 0.6 is 22.9 Å². The summed E-state index contributed by atoms with van der Waals surface area (Å²) in [7, 11) is 0. The van der Waals surface area contributed by atoms with Crippen LogP contribution in [0, 0.1) is 0 Å². The molecule has 0 unspecified atom stereocenters. The summed E-state index contributed by atoms with van der Waals surface area (Å²) in [6.45, 7) is 0. The van der Waals surface area contributed by atoms with Crippen LogP contribution in [0.15, 0.2) is 54.9 Å². The predicted octanol–water partition coefficient (Wildman–Crippen LogP) is 3.92. The molecule has 2 heterocycles. The topological polar surface area (TPSA) is 67.8 Å². The first-order chi connectivity index (χ1) is 11.2. The lowest BCUT2D eigenvalue weighted by Crippen LogP contribution is -2.11. The van der Waals surface area contributed by atoms with E-state index in [-0.39, 0.29) is 10.9 Å². The van der Waals surface area contributed by atoms with Gasteiger partial charge < -0.3 is 5.32 Å². The molecule has 0 radical (unpaired) electrons. The first kappa shape index (κ1) is 15.3. The van der Waals surface area contributed by atoms with Crippen LogP contribution < -0.4 is 5.32 Å². The molecule has 0 spiro atoms. The van der Waals surface area contributed by atoms with Gasteiger partial charge in [0, 0.05) is 18.1 Å². The molecule has 5 nitrogen and oxygen atoms in total. The van der Waals surface area contributed by atoms with Crippen molar-refractivity contribution in [2.45, 2.75) is 0 Å². The Bertz CT molecular complexity index is 834. The highest BCUT2D eigenvalue weighted by Crippen LogP contribution is 2.25. The number of amides is 1. The van der Waals surface area contributed by atoms with Crippen LogP contribution in [0.5, 0.6) is 0 Å². The molecule has 2 aromatic heterocycles. The summed E-state index contributed by atoms with van der Waals surface area (Å²) in [5, 5.41) is 11.8. The van der Waals surface area contributed by atoms with E-state index in [1.165, 1.54) is 0 Å². The number of para-hydroxylation sites is 1. The Labute approximate surface area is 141 Å². The quantitative estimate of drug-likeness (QED) is 0.780. The average molecular weight is 343 g/mol. The second-order valence-electron chi connectivity index (χ2n) is 4.51. The number of hydrogen-bond acceptors (Lipinski definition) is 5. The van der Waals surface area contributed by atoms with Crippen LogP contribution in [0.1, 0.15) is 20.4 Å². The van der Waals surface area contributed by atoms with Crippen molar-refractivity contribution < 1.29 is 4.79 Å². The van der Waals surface area contributed by atoms with Crippen LogP contribution in [-0.4, -0.2) is 21.1 Å². The van der Waals surface area contributed by atoms with Crippen LogP contribution in [0.25, 0.3) is 11.1 Å². The third-order valence-corrected chi connectivity index (χ3v) is 4.19. The summed E-state index contributed by atoms with van der Waals surface area (Å²) in [6.07, 6.45) is 5.10. The monoisotopic (exact) mass is 342 g/mol. The second kappa shape index (κ2) is 7.13. The van der Waals surface area contributed by atoms with Gasteiger partial charge in [0.2, 0.25) is 5.01 Å². The summed E-state index contributed by atoms with van der Waals surface area (Å²) in [6, 6.07) is 12.9. The van der Waals surface area contributed by atoms with Gasteiger partial charge in [-0.1, -0.05) is 47.2 Å². The predicted molar refractivity (Wildman–Crippen MR) is 92.3 cm³/mol. The average Bonchev–Trinajstić information content (AvgIpc) is 3.07. The van der Waals surface area contributed by atoms with Crippen molar-refractivity contribution in [1.82, 2.24) is 15.2 Å². The van der Waals surface area contributed by atoms with E-state index in [0.29, 0.717) is 15.7 Å². The Morgan fingerprint density at radius 1 is 1.09 bits per heavy atom. The molecule has 1 N–H and O–H groups in total. The Morgan fingerprint density at radius 2 is 1.87 bits per heavy atom. The minimum Gasteiger partial charge on any atom is -0.320 e. The van der Waals surface area contributed by atoms with Gasteiger partial charge in [0.15, 0.2) is 5.01 Å². The molecule has 1 amide bonds. The van der Waals surface area contributed by atoms with Crippen molar-refractivity contribution in [3.05, 3.63) is 70.4 Å². The van der Waals surface area contributed by atoms with Gasteiger partial charge in [-0.2, -0.15) is 0 Å². The molecule has 23 heavy (non-hydrogen) atoms. The lowest BCUT2D eigenvalue weighted by molar-refractivity contribution is 0.102. The Morgan fingerprint density at radius 3 is 2.61 bits per heavy atom. The van der Waals surface area contributed by atoms with Crippen LogP contribution in [0.3, 0.4) is 0 Å². The molecule has 3 aromatic rings. The summed E-state index contributed by atoms with van der Waals surface area (Å²) < 4.78 is 0. The third kappa shape index (κ3) is 4.00. The molecular weight excluding hydrogens is 332 g/mol. The number of nitrogens with one attached hydrogen (secondary N) is 1. The van der Waals surface area contributed by atoms with E-state index < -0.39 is 0 Å². The van der Waals surface area contributed by atoms with Crippen molar-refractivity contribution in [3.8, 4) is 0 Å². The van der Waals surface area contributed by atoms with Crippen molar-refractivity contribution in [1.29, 1.82) is 0 Å². The molecule has 0 saturated heterocycles. The maximum Gasteiger partial charge on any atom is 0.286 e. The van der Waals surface area contributed by atoms with E-state index in [4.69, 9.17) is 11.6 Å². The number of carbonyl (C=O) groups excluding carboxylic acids is 1. The first-order valence-corrected chi connectivity index (χ1v) is 7.89. The molecular formula is C16H11ClN4OS. The van der Waals surface area contributed by atoms with Gasteiger partial charge in [0.25, 0.3) is 5.91 Å². The number of anilines is 1. The molecule has 3 rings (SSSR count). The third-order valence-electron chi connectivity index (χ3n) is 2.83. The highest BCUT2D eigenvalue weighted by Gasteiger charge is 2.14. The molecule has 0 fully saturated rings. The number of pyridine rings is 1. The minimum atomic E-state index is -0.314. The zero-order valence-electron chi connectivity index (χ0n) is 11.8. The SMILES string of the molecule is O=C(Nc1ccccc1)c1nnc(/C(Cl)=C\c2cccnc2)s1. The Hall–Kier alpha value is -2.57. The number of hydrogen-bond donors (Lipinski definition) is 1. The summed E-state index contributed by atoms with van der Waals surface area (Å²) in [5.74, 6) is -0.314. The normalized spacial score (nSPS) is 11.3. The molecule has 7 heteroatoms. The summed E-state index contributed by atoms with van der Waals surface area (Å²) in [4.78, 5) is 16.1. The van der Waals surface area contributed by atoms with Gasteiger partial charge >= 0.3 is 0 Å². The van der Waals surface area contributed by atoms with Gasteiger partial charge in [0.1, 0.15) is 0 Å². The molecule has 114 valence electrons. The second-order valence-corrected chi connectivity index (χ2v) is 5.90.